The van der Waals surface area contributed by atoms with Crippen molar-refractivity contribution in [2.24, 2.45) is 0 Å². The average molecular weight is 244 g/mol. The fourth-order valence-electron chi connectivity index (χ4n) is 1.10. The van der Waals surface area contributed by atoms with E-state index in [0.717, 1.165) is 12.1 Å². The molecule has 1 aromatic rings. The van der Waals surface area contributed by atoms with E-state index in [1.54, 1.807) is 0 Å². The Morgan fingerprint density at radius 2 is 2.24 bits per heavy atom. The number of benzene rings is 1. The highest BCUT2D eigenvalue weighted by Gasteiger charge is 2.19. The molecule has 0 bridgehead atoms. The van der Waals surface area contributed by atoms with Gasteiger partial charge in [-0.2, -0.15) is 0 Å². The summed E-state index contributed by atoms with van der Waals surface area (Å²) in [6, 6.07) is 3.15. The third kappa shape index (κ3) is 3.65. The van der Waals surface area contributed by atoms with E-state index in [1.807, 2.05) is 0 Å². The molecule has 17 heavy (non-hydrogen) atoms. The molecule has 0 aliphatic rings. The van der Waals surface area contributed by atoms with Crippen molar-refractivity contribution in [3.63, 3.8) is 0 Å². The Hall–Kier alpha value is -1.73. The molecule has 0 saturated carbocycles. The third-order valence-corrected chi connectivity index (χ3v) is 2.16. The molecule has 94 valence electrons. The summed E-state index contributed by atoms with van der Waals surface area (Å²) >= 11 is 0. The lowest BCUT2D eigenvalue weighted by Crippen LogP contribution is -2.37. The van der Waals surface area contributed by atoms with E-state index in [0.29, 0.717) is 0 Å². The van der Waals surface area contributed by atoms with Gasteiger partial charge < -0.3 is 15.5 Å². The maximum absolute atomic E-state index is 13.4. The van der Waals surface area contributed by atoms with Gasteiger partial charge in [0, 0.05) is 12.6 Å². The Morgan fingerprint density at radius 3 is 2.71 bits per heavy atom. The number of nitrogens with one attached hydrogen (secondary N) is 1. The number of aliphatic hydroxyl groups excluding tert-OH is 1. The number of nitrogens with zero attached hydrogens (tertiary/aromatic N) is 1. The summed E-state index contributed by atoms with van der Waals surface area (Å²) in [4.78, 5) is 9.68. The molecule has 0 aliphatic carbocycles. The molecule has 0 radical (unpaired) electrons. The van der Waals surface area contributed by atoms with Gasteiger partial charge in [0.05, 0.1) is 23.3 Å². The first-order valence-corrected chi connectivity index (χ1v) is 4.87. The Labute approximate surface area is 96.8 Å². The minimum Gasteiger partial charge on any atom is -0.393 e. The van der Waals surface area contributed by atoms with E-state index < -0.39 is 22.9 Å². The Morgan fingerprint density at radius 1 is 1.59 bits per heavy atom. The van der Waals surface area contributed by atoms with Crippen LogP contribution in [0.4, 0.5) is 15.8 Å². The maximum Gasteiger partial charge on any atom is 0.272 e. The van der Waals surface area contributed by atoms with Crippen molar-refractivity contribution < 1.29 is 19.5 Å². The highest BCUT2D eigenvalue weighted by Crippen LogP contribution is 2.20. The molecule has 1 unspecified atom stereocenters. The molecule has 0 amide bonds. The Balaban J connectivity index is 2.77. The summed E-state index contributed by atoms with van der Waals surface area (Å²) < 4.78 is 13.4. The van der Waals surface area contributed by atoms with Crippen LogP contribution in [0.3, 0.4) is 0 Å². The van der Waals surface area contributed by atoms with Crippen molar-refractivity contribution in [3.05, 3.63) is 34.1 Å². The zero-order chi connectivity index (χ0) is 13.1. The summed E-state index contributed by atoms with van der Waals surface area (Å²) in [5.74, 6) is -0.784. The maximum atomic E-state index is 13.4. The van der Waals surface area contributed by atoms with Gasteiger partial charge in [-0.3, -0.25) is 10.1 Å². The largest absolute Gasteiger partial charge is 0.393 e. The van der Waals surface area contributed by atoms with Gasteiger partial charge in [-0.15, -0.1) is 0 Å². The molecule has 1 aromatic carbocycles. The zero-order valence-corrected chi connectivity index (χ0v) is 9.18. The number of non-ortho nitro benzene ring substituents is 1. The van der Waals surface area contributed by atoms with E-state index in [2.05, 4.69) is 5.32 Å². The van der Waals surface area contributed by atoms with Crippen LogP contribution in [0.1, 0.15) is 6.92 Å². The second kappa shape index (κ2) is 5.07. The van der Waals surface area contributed by atoms with Gasteiger partial charge in [0.2, 0.25) is 0 Å². The van der Waals surface area contributed by atoms with Crippen LogP contribution in [-0.4, -0.2) is 33.9 Å². The number of anilines is 1. The molecule has 1 rings (SSSR count). The molecular formula is C10H13FN2O4. The lowest BCUT2D eigenvalue weighted by Gasteiger charge is -2.21. The zero-order valence-electron chi connectivity index (χ0n) is 9.18. The minimum absolute atomic E-state index is 0.0318. The molecular weight excluding hydrogens is 231 g/mol. The normalized spacial score (nSPS) is 14.1. The SMILES string of the molecule is CC(O)(CO)CNc1ccc([N+](=O)[O-])cc1F. The van der Waals surface area contributed by atoms with E-state index in [1.165, 1.54) is 13.0 Å². The first-order chi connectivity index (χ1) is 7.85. The molecule has 3 N–H and O–H groups in total. The second-order valence-corrected chi connectivity index (χ2v) is 3.93. The van der Waals surface area contributed by atoms with Gasteiger partial charge in [0.15, 0.2) is 5.82 Å². The van der Waals surface area contributed by atoms with Crippen LogP contribution >= 0.6 is 0 Å². The van der Waals surface area contributed by atoms with Crippen molar-refractivity contribution in [2.75, 3.05) is 18.5 Å². The van der Waals surface area contributed by atoms with Gasteiger partial charge in [-0.1, -0.05) is 0 Å². The molecule has 1 atom stereocenters. The lowest BCUT2D eigenvalue weighted by atomic mass is 10.1. The summed E-state index contributed by atoms with van der Waals surface area (Å²) in [5, 5.41) is 31.2. The summed E-state index contributed by atoms with van der Waals surface area (Å²) in [7, 11) is 0. The average Bonchev–Trinajstić information content (AvgIpc) is 2.27. The van der Waals surface area contributed by atoms with Crippen LogP contribution in [0.15, 0.2) is 18.2 Å². The van der Waals surface area contributed by atoms with Crippen LogP contribution in [0.25, 0.3) is 0 Å². The standard InChI is InChI=1S/C10H13FN2O4/c1-10(15,6-14)5-12-9-3-2-7(13(16)17)4-8(9)11/h2-4,12,14-15H,5-6H2,1H3. The van der Waals surface area contributed by atoms with Crippen LogP contribution in [0.5, 0.6) is 0 Å². The quantitative estimate of drug-likeness (QED) is 0.528. The van der Waals surface area contributed by atoms with Gasteiger partial charge in [-0.05, 0) is 13.0 Å². The predicted octanol–water partition coefficient (Wildman–Crippen LogP) is 0.889. The first-order valence-electron chi connectivity index (χ1n) is 4.87. The fraction of sp³-hybridized carbons (Fsp3) is 0.400. The van der Waals surface area contributed by atoms with Gasteiger partial charge in [-0.25, -0.2) is 4.39 Å². The van der Waals surface area contributed by atoms with Gasteiger partial charge in [0.25, 0.3) is 5.69 Å². The number of halogens is 1. The fourth-order valence-corrected chi connectivity index (χ4v) is 1.10. The number of hydrogen-bond donors (Lipinski definition) is 3. The van der Waals surface area contributed by atoms with Crippen molar-refractivity contribution in [1.82, 2.24) is 0 Å². The van der Waals surface area contributed by atoms with E-state index in [-0.39, 0.29) is 17.9 Å². The van der Waals surface area contributed by atoms with Gasteiger partial charge in [0.1, 0.15) is 5.60 Å². The molecule has 7 heteroatoms. The van der Waals surface area contributed by atoms with Crippen molar-refractivity contribution in [1.29, 1.82) is 0 Å². The monoisotopic (exact) mass is 244 g/mol. The molecule has 6 nitrogen and oxygen atoms in total. The number of nitro benzene ring substituents is 1. The van der Waals surface area contributed by atoms with Crippen LogP contribution in [-0.2, 0) is 0 Å². The first kappa shape index (κ1) is 13.3. The highest BCUT2D eigenvalue weighted by molar-refractivity contribution is 5.50. The molecule has 0 saturated heterocycles. The lowest BCUT2D eigenvalue weighted by molar-refractivity contribution is -0.385. The van der Waals surface area contributed by atoms with Crippen LogP contribution in [0.2, 0.25) is 0 Å². The Bertz CT molecular complexity index is 423. The predicted molar refractivity (Wildman–Crippen MR) is 59.3 cm³/mol. The third-order valence-electron chi connectivity index (χ3n) is 2.16. The number of hydrogen-bond acceptors (Lipinski definition) is 5. The second-order valence-electron chi connectivity index (χ2n) is 3.93. The van der Waals surface area contributed by atoms with Crippen molar-refractivity contribution >= 4 is 11.4 Å². The van der Waals surface area contributed by atoms with E-state index in [4.69, 9.17) is 5.11 Å². The van der Waals surface area contributed by atoms with E-state index in [9.17, 15) is 19.6 Å². The van der Waals surface area contributed by atoms with Crippen molar-refractivity contribution in [2.45, 2.75) is 12.5 Å². The summed E-state index contributed by atoms with van der Waals surface area (Å²) in [6.45, 7) is 0.829. The number of aliphatic hydroxyl groups is 2. The molecule has 0 aromatic heterocycles. The molecule has 0 aliphatic heterocycles. The van der Waals surface area contributed by atoms with Crippen LogP contribution in [0, 0.1) is 15.9 Å². The highest BCUT2D eigenvalue weighted by atomic mass is 19.1. The molecule has 0 spiro atoms. The number of nitro groups is 1. The topological polar surface area (TPSA) is 95.6 Å². The molecule has 0 heterocycles. The van der Waals surface area contributed by atoms with Gasteiger partial charge >= 0.3 is 0 Å². The number of rotatable bonds is 5. The summed E-state index contributed by atoms with van der Waals surface area (Å²) in [6.07, 6.45) is 0. The minimum atomic E-state index is -1.38. The summed E-state index contributed by atoms with van der Waals surface area (Å²) in [5.41, 5.74) is -1.69. The van der Waals surface area contributed by atoms with Crippen LogP contribution < -0.4 is 5.32 Å². The van der Waals surface area contributed by atoms with Crippen molar-refractivity contribution in [3.8, 4) is 0 Å². The van der Waals surface area contributed by atoms with E-state index >= 15 is 0 Å². The Kier molecular flexibility index (Phi) is 3.97. The molecule has 0 fully saturated rings. The smallest absolute Gasteiger partial charge is 0.272 e.